The number of nitrogens with one attached hydrogen (secondary N) is 1. The van der Waals surface area contributed by atoms with E-state index in [2.05, 4.69) is 9.88 Å². The zero-order valence-electron chi connectivity index (χ0n) is 13.4. The highest BCUT2D eigenvalue weighted by Crippen LogP contribution is 2.35. The third-order valence-corrected chi connectivity index (χ3v) is 4.22. The monoisotopic (exact) mass is 305 g/mol. The number of piperidine rings is 1. The van der Waals surface area contributed by atoms with Crippen LogP contribution in [-0.4, -0.2) is 44.0 Å². The lowest BCUT2D eigenvalue weighted by Gasteiger charge is -2.26. The van der Waals surface area contributed by atoms with Gasteiger partial charge >= 0.3 is 0 Å². The van der Waals surface area contributed by atoms with Gasteiger partial charge in [0.15, 0.2) is 11.5 Å². The number of imidazole rings is 1. The molecule has 6 nitrogen and oxygen atoms in total. The molecule has 1 aromatic heterocycles. The molecule has 3 rings (SSSR count). The molecule has 1 aliphatic heterocycles. The average molecular weight is 305 g/mol. The van der Waals surface area contributed by atoms with E-state index in [1.807, 2.05) is 12.1 Å². The molecule has 1 aromatic carbocycles. The fourth-order valence-corrected chi connectivity index (χ4v) is 3.18. The lowest BCUT2D eigenvalue weighted by molar-refractivity contribution is 0.171. The minimum Gasteiger partial charge on any atom is -0.493 e. The number of rotatable bonds is 5. The largest absolute Gasteiger partial charge is 0.493 e. The first-order valence-electron chi connectivity index (χ1n) is 7.61. The van der Waals surface area contributed by atoms with Crippen molar-refractivity contribution in [2.24, 2.45) is 0 Å². The van der Waals surface area contributed by atoms with Crippen LogP contribution in [0.4, 0.5) is 0 Å². The summed E-state index contributed by atoms with van der Waals surface area (Å²) < 4.78 is 18.5. The summed E-state index contributed by atoms with van der Waals surface area (Å²) in [4.78, 5) is 4.74. The second kappa shape index (κ2) is 6.54. The van der Waals surface area contributed by atoms with Gasteiger partial charge in [0.2, 0.25) is 0 Å². The molecular weight excluding hydrogens is 282 g/mol. The number of aromatic nitrogens is 2. The third-order valence-electron chi connectivity index (χ3n) is 4.22. The Bertz CT molecular complexity index is 648. The van der Waals surface area contributed by atoms with E-state index >= 15 is 0 Å². The Hall–Kier alpha value is -1.79. The highest BCUT2D eigenvalue weighted by Gasteiger charge is 2.22. The third kappa shape index (κ3) is 2.64. The molecule has 0 aliphatic carbocycles. The van der Waals surface area contributed by atoms with Crippen LogP contribution in [0.3, 0.4) is 0 Å². The van der Waals surface area contributed by atoms with Crippen molar-refractivity contribution in [2.45, 2.75) is 25.5 Å². The molecule has 0 spiro atoms. The van der Waals surface area contributed by atoms with Gasteiger partial charge in [0.05, 0.1) is 25.3 Å². The number of nitrogens with zero attached hydrogens (tertiary/aromatic N) is 2. The summed E-state index contributed by atoms with van der Waals surface area (Å²) in [7, 11) is 5.00. The van der Waals surface area contributed by atoms with Crippen molar-refractivity contribution < 1.29 is 14.2 Å². The number of hydrogen-bond donors (Lipinski definition) is 1. The van der Waals surface area contributed by atoms with Gasteiger partial charge in [-0.2, -0.15) is 0 Å². The molecule has 1 N–H and O–H groups in total. The normalized spacial score (nSPS) is 16.1. The van der Waals surface area contributed by atoms with Crippen LogP contribution in [0, 0.1) is 0 Å². The molecular formula is C16H23N3O3. The van der Waals surface area contributed by atoms with Crippen molar-refractivity contribution >= 4 is 11.0 Å². The van der Waals surface area contributed by atoms with E-state index in [-0.39, 0.29) is 0 Å². The van der Waals surface area contributed by atoms with E-state index in [9.17, 15) is 0 Å². The quantitative estimate of drug-likeness (QED) is 0.917. The maximum atomic E-state index is 5.45. The molecule has 22 heavy (non-hydrogen) atoms. The molecule has 6 heteroatoms. The standard InChI is InChI=1S/C16H23N3O3/c1-20-10-16-18-12-8-14(21-2)15(22-3)9-13(12)19(16)11-4-6-17-7-5-11/h8-9,11,17H,4-7,10H2,1-3H3. The van der Waals surface area contributed by atoms with Crippen molar-refractivity contribution in [3.63, 3.8) is 0 Å². The van der Waals surface area contributed by atoms with E-state index in [0.29, 0.717) is 18.4 Å². The van der Waals surface area contributed by atoms with Gasteiger partial charge in [-0.1, -0.05) is 0 Å². The lowest BCUT2D eigenvalue weighted by atomic mass is 10.1. The molecule has 0 amide bonds. The number of methoxy groups -OCH3 is 3. The summed E-state index contributed by atoms with van der Waals surface area (Å²) in [5, 5.41) is 3.41. The van der Waals surface area contributed by atoms with Gasteiger partial charge in [-0.05, 0) is 25.9 Å². The van der Waals surface area contributed by atoms with E-state index in [1.54, 1.807) is 21.3 Å². The molecule has 2 aromatic rings. The molecule has 1 aliphatic rings. The zero-order chi connectivity index (χ0) is 15.5. The van der Waals surface area contributed by atoms with Crippen molar-refractivity contribution in [2.75, 3.05) is 34.4 Å². The van der Waals surface area contributed by atoms with Gasteiger partial charge in [-0.3, -0.25) is 0 Å². The zero-order valence-corrected chi connectivity index (χ0v) is 13.4. The van der Waals surface area contributed by atoms with E-state index < -0.39 is 0 Å². The Balaban J connectivity index is 2.14. The number of fused-ring (bicyclic) bond motifs is 1. The maximum absolute atomic E-state index is 5.45. The second-order valence-electron chi connectivity index (χ2n) is 5.51. The SMILES string of the molecule is COCc1nc2cc(OC)c(OC)cc2n1C1CCNCC1. The molecule has 0 atom stereocenters. The van der Waals surface area contributed by atoms with Crippen LogP contribution < -0.4 is 14.8 Å². The molecule has 1 saturated heterocycles. The topological polar surface area (TPSA) is 57.5 Å². The van der Waals surface area contributed by atoms with E-state index in [0.717, 1.165) is 48.5 Å². The van der Waals surface area contributed by atoms with Crippen LogP contribution in [0.1, 0.15) is 24.7 Å². The van der Waals surface area contributed by atoms with Gasteiger partial charge in [0.1, 0.15) is 12.4 Å². The Morgan fingerprint density at radius 2 is 1.82 bits per heavy atom. The van der Waals surface area contributed by atoms with E-state index in [1.165, 1.54) is 0 Å². The van der Waals surface area contributed by atoms with Crippen molar-refractivity contribution in [3.05, 3.63) is 18.0 Å². The van der Waals surface area contributed by atoms with Gasteiger partial charge in [-0.25, -0.2) is 4.98 Å². The summed E-state index contributed by atoms with van der Waals surface area (Å²) in [5.41, 5.74) is 2.00. The van der Waals surface area contributed by atoms with Crippen LogP contribution in [-0.2, 0) is 11.3 Å². The van der Waals surface area contributed by atoms with E-state index in [4.69, 9.17) is 19.2 Å². The van der Waals surface area contributed by atoms with Crippen LogP contribution >= 0.6 is 0 Å². The molecule has 2 heterocycles. The predicted molar refractivity (Wildman–Crippen MR) is 84.7 cm³/mol. The molecule has 1 fully saturated rings. The van der Waals surface area contributed by atoms with Crippen molar-refractivity contribution in [3.8, 4) is 11.5 Å². The minimum absolute atomic E-state index is 0.439. The van der Waals surface area contributed by atoms with Crippen molar-refractivity contribution in [1.29, 1.82) is 0 Å². The summed E-state index contributed by atoms with van der Waals surface area (Å²) in [6.45, 7) is 2.57. The van der Waals surface area contributed by atoms with Crippen LogP contribution in [0.2, 0.25) is 0 Å². The molecule has 0 radical (unpaired) electrons. The molecule has 0 bridgehead atoms. The fraction of sp³-hybridized carbons (Fsp3) is 0.562. The Labute approximate surface area is 130 Å². The fourth-order valence-electron chi connectivity index (χ4n) is 3.18. The van der Waals surface area contributed by atoms with Gasteiger partial charge < -0.3 is 24.1 Å². The van der Waals surface area contributed by atoms with Gasteiger partial charge in [-0.15, -0.1) is 0 Å². The van der Waals surface area contributed by atoms with Crippen LogP contribution in [0.25, 0.3) is 11.0 Å². The van der Waals surface area contributed by atoms with Crippen LogP contribution in [0.5, 0.6) is 11.5 Å². The first-order valence-corrected chi connectivity index (χ1v) is 7.61. The Morgan fingerprint density at radius 1 is 1.14 bits per heavy atom. The second-order valence-corrected chi connectivity index (χ2v) is 5.51. The van der Waals surface area contributed by atoms with Crippen molar-refractivity contribution in [1.82, 2.24) is 14.9 Å². The number of benzene rings is 1. The first-order chi connectivity index (χ1) is 10.8. The minimum atomic E-state index is 0.439. The molecule has 0 saturated carbocycles. The first kappa shape index (κ1) is 15.1. The Morgan fingerprint density at radius 3 is 2.45 bits per heavy atom. The summed E-state index contributed by atoms with van der Waals surface area (Å²) in [6.07, 6.45) is 2.19. The predicted octanol–water partition coefficient (Wildman–Crippen LogP) is 2.12. The summed E-state index contributed by atoms with van der Waals surface area (Å²) in [6, 6.07) is 4.39. The average Bonchev–Trinajstić information content (AvgIpc) is 2.91. The van der Waals surface area contributed by atoms with Gasteiger partial charge in [0, 0.05) is 25.3 Å². The molecule has 120 valence electrons. The highest BCUT2D eigenvalue weighted by molar-refractivity contribution is 5.81. The number of hydrogen-bond acceptors (Lipinski definition) is 5. The van der Waals surface area contributed by atoms with Crippen LogP contribution in [0.15, 0.2) is 12.1 Å². The summed E-state index contributed by atoms with van der Waals surface area (Å²) >= 11 is 0. The number of ether oxygens (including phenoxy) is 3. The summed E-state index contributed by atoms with van der Waals surface area (Å²) in [5.74, 6) is 2.39. The smallest absolute Gasteiger partial charge is 0.163 e. The van der Waals surface area contributed by atoms with Gasteiger partial charge in [0.25, 0.3) is 0 Å². The lowest BCUT2D eigenvalue weighted by Crippen LogP contribution is -2.30. The Kier molecular flexibility index (Phi) is 4.49. The highest BCUT2D eigenvalue weighted by atomic mass is 16.5. The maximum Gasteiger partial charge on any atom is 0.163 e. The molecule has 0 unspecified atom stereocenters.